The van der Waals surface area contributed by atoms with Crippen LogP contribution >= 0.6 is 0 Å². The summed E-state index contributed by atoms with van der Waals surface area (Å²) >= 11 is 0. The first-order valence-corrected chi connectivity index (χ1v) is 9.93. The molecule has 5 atom stereocenters. The molecule has 5 N–H and O–H groups in total. The first-order valence-electron chi connectivity index (χ1n) is 9.93. The van der Waals surface area contributed by atoms with Crippen molar-refractivity contribution in [3.63, 3.8) is 0 Å². The third kappa shape index (κ3) is 6.02. The van der Waals surface area contributed by atoms with Gasteiger partial charge in [-0.2, -0.15) is 5.10 Å². The lowest BCUT2D eigenvalue weighted by molar-refractivity contribution is -0.277. The zero-order valence-electron chi connectivity index (χ0n) is 17.4. The van der Waals surface area contributed by atoms with Crippen molar-refractivity contribution >= 4 is 12.1 Å². The SMILES string of the molecule is COc1ccc(/C=N/NC(=O)Cc2ccc(O[C@@H]3OC(CO)[C@H](O)C(O)C3O)cc2)cc1. The van der Waals surface area contributed by atoms with Crippen molar-refractivity contribution in [3.05, 3.63) is 59.7 Å². The fourth-order valence-electron chi connectivity index (χ4n) is 3.08. The molecular weight excluding hydrogens is 420 g/mol. The molecule has 3 unspecified atom stereocenters. The summed E-state index contributed by atoms with van der Waals surface area (Å²) in [6.07, 6.45) is -5.20. The summed E-state index contributed by atoms with van der Waals surface area (Å²) in [4.78, 5) is 12.1. The van der Waals surface area contributed by atoms with Crippen molar-refractivity contribution in [1.29, 1.82) is 0 Å². The van der Waals surface area contributed by atoms with Gasteiger partial charge in [0.1, 0.15) is 35.9 Å². The second kappa shape index (κ2) is 11.0. The molecule has 0 saturated carbocycles. The predicted molar refractivity (Wildman–Crippen MR) is 113 cm³/mol. The Hall–Kier alpha value is -3.02. The molecule has 0 spiro atoms. The Morgan fingerprint density at radius 1 is 1.03 bits per heavy atom. The van der Waals surface area contributed by atoms with Gasteiger partial charge in [-0.15, -0.1) is 0 Å². The van der Waals surface area contributed by atoms with Crippen LogP contribution in [0.15, 0.2) is 53.6 Å². The highest BCUT2D eigenvalue weighted by Gasteiger charge is 2.44. The quantitative estimate of drug-likeness (QED) is 0.271. The van der Waals surface area contributed by atoms with Crippen LogP contribution in [0.3, 0.4) is 0 Å². The van der Waals surface area contributed by atoms with E-state index >= 15 is 0 Å². The second-order valence-electron chi connectivity index (χ2n) is 7.20. The number of amides is 1. The largest absolute Gasteiger partial charge is 0.497 e. The zero-order valence-corrected chi connectivity index (χ0v) is 17.4. The molecule has 1 aliphatic rings. The van der Waals surface area contributed by atoms with E-state index in [9.17, 15) is 25.2 Å². The van der Waals surface area contributed by atoms with E-state index in [1.165, 1.54) is 6.21 Å². The molecule has 1 fully saturated rings. The maximum atomic E-state index is 12.1. The number of hydrogen-bond acceptors (Lipinski definition) is 9. The number of nitrogens with zero attached hydrogens (tertiary/aromatic N) is 1. The van der Waals surface area contributed by atoms with E-state index in [1.807, 2.05) is 12.1 Å². The summed E-state index contributed by atoms with van der Waals surface area (Å²) in [5, 5.41) is 42.8. The standard InChI is InChI=1S/C22H26N2O8/c1-30-15-6-4-14(5-7-15)11-23-24-18(26)10-13-2-8-16(9-3-13)31-22-21(29)20(28)19(27)17(12-25)32-22/h2-9,11,17,19-22,25,27-29H,10,12H2,1H3,(H,24,26)/b23-11+/t17?,19-,20?,21?,22+/m0/s1. The molecule has 0 aliphatic carbocycles. The van der Waals surface area contributed by atoms with Gasteiger partial charge in [0, 0.05) is 0 Å². The number of methoxy groups -OCH3 is 1. The number of carbonyl (C=O) groups excluding carboxylic acids is 1. The van der Waals surface area contributed by atoms with Crippen LogP contribution in [0.2, 0.25) is 0 Å². The molecule has 0 radical (unpaired) electrons. The van der Waals surface area contributed by atoms with Crippen molar-refractivity contribution < 1.29 is 39.4 Å². The van der Waals surface area contributed by atoms with Crippen LogP contribution in [0.25, 0.3) is 0 Å². The fourth-order valence-corrected chi connectivity index (χ4v) is 3.08. The third-order valence-electron chi connectivity index (χ3n) is 4.91. The number of benzene rings is 2. The normalized spacial score (nSPS) is 25.5. The molecular formula is C22H26N2O8. The molecule has 1 aliphatic heterocycles. The van der Waals surface area contributed by atoms with Crippen molar-refractivity contribution in [2.45, 2.75) is 37.1 Å². The molecule has 1 saturated heterocycles. The number of carbonyl (C=O) groups is 1. The monoisotopic (exact) mass is 446 g/mol. The van der Waals surface area contributed by atoms with Crippen molar-refractivity contribution in [1.82, 2.24) is 5.43 Å². The number of aliphatic hydroxyl groups is 4. The van der Waals surface area contributed by atoms with E-state index in [-0.39, 0.29) is 12.3 Å². The van der Waals surface area contributed by atoms with Crippen LogP contribution in [-0.2, 0) is 16.0 Å². The van der Waals surface area contributed by atoms with Crippen LogP contribution in [0.4, 0.5) is 0 Å². The maximum absolute atomic E-state index is 12.1. The summed E-state index contributed by atoms with van der Waals surface area (Å²) in [6, 6.07) is 13.7. The summed E-state index contributed by atoms with van der Waals surface area (Å²) < 4.78 is 15.9. The van der Waals surface area contributed by atoms with Crippen LogP contribution in [0, 0.1) is 0 Å². The summed E-state index contributed by atoms with van der Waals surface area (Å²) in [5.74, 6) is 0.735. The van der Waals surface area contributed by atoms with Crippen molar-refractivity contribution in [2.75, 3.05) is 13.7 Å². The van der Waals surface area contributed by atoms with Gasteiger partial charge in [0.05, 0.1) is 26.4 Å². The Kier molecular flexibility index (Phi) is 8.14. The van der Waals surface area contributed by atoms with Gasteiger partial charge in [0.25, 0.3) is 0 Å². The first-order chi connectivity index (χ1) is 15.4. The lowest BCUT2D eigenvalue weighted by Gasteiger charge is -2.39. The van der Waals surface area contributed by atoms with Crippen molar-refractivity contribution in [2.24, 2.45) is 5.10 Å². The topological polar surface area (TPSA) is 150 Å². The average Bonchev–Trinajstić information content (AvgIpc) is 2.81. The zero-order chi connectivity index (χ0) is 23.1. The highest BCUT2D eigenvalue weighted by Crippen LogP contribution is 2.24. The highest BCUT2D eigenvalue weighted by atomic mass is 16.7. The van der Waals surface area contributed by atoms with E-state index in [1.54, 1.807) is 43.5 Å². The minimum atomic E-state index is -1.52. The van der Waals surface area contributed by atoms with Gasteiger partial charge >= 0.3 is 0 Å². The Morgan fingerprint density at radius 3 is 2.31 bits per heavy atom. The third-order valence-corrected chi connectivity index (χ3v) is 4.91. The number of rotatable bonds is 8. The smallest absolute Gasteiger partial charge is 0.244 e. The molecule has 10 nitrogen and oxygen atoms in total. The molecule has 3 rings (SSSR count). The molecule has 1 heterocycles. The van der Waals surface area contributed by atoms with E-state index in [0.717, 1.165) is 11.3 Å². The van der Waals surface area contributed by atoms with Gasteiger partial charge in [-0.25, -0.2) is 5.43 Å². The van der Waals surface area contributed by atoms with Crippen LogP contribution in [0.1, 0.15) is 11.1 Å². The minimum absolute atomic E-state index is 0.0836. The van der Waals surface area contributed by atoms with E-state index in [0.29, 0.717) is 11.3 Å². The van der Waals surface area contributed by atoms with Gasteiger partial charge in [-0.1, -0.05) is 12.1 Å². The number of aliphatic hydroxyl groups excluding tert-OH is 4. The summed E-state index contributed by atoms with van der Waals surface area (Å²) in [6.45, 7) is -0.542. The Balaban J connectivity index is 1.50. The van der Waals surface area contributed by atoms with Gasteiger partial charge < -0.3 is 34.6 Å². The second-order valence-corrected chi connectivity index (χ2v) is 7.20. The van der Waals surface area contributed by atoms with E-state index < -0.39 is 37.3 Å². The Morgan fingerprint density at radius 2 is 1.69 bits per heavy atom. The first kappa shape index (κ1) is 23.6. The van der Waals surface area contributed by atoms with Gasteiger partial charge in [-0.3, -0.25) is 4.79 Å². The average molecular weight is 446 g/mol. The molecule has 2 aromatic carbocycles. The number of nitrogens with one attached hydrogen (secondary N) is 1. The number of ether oxygens (including phenoxy) is 3. The predicted octanol–water partition coefficient (Wildman–Crippen LogP) is -0.433. The highest BCUT2D eigenvalue weighted by molar-refractivity contribution is 5.83. The van der Waals surface area contributed by atoms with Gasteiger partial charge in [0.15, 0.2) is 0 Å². The van der Waals surface area contributed by atoms with Crippen LogP contribution in [0.5, 0.6) is 11.5 Å². The molecule has 10 heteroatoms. The van der Waals surface area contributed by atoms with Crippen LogP contribution in [-0.4, -0.2) is 77.0 Å². The molecule has 172 valence electrons. The van der Waals surface area contributed by atoms with Gasteiger partial charge in [0.2, 0.25) is 12.2 Å². The number of hydrazone groups is 1. The molecule has 1 amide bonds. The van der Waals surface area contributed by atoms with Crippen LogP contribution < -0.4 is 14.9 Å². The number of hydrogen-bond donors (Lipinski definition) is 5. The maximum Gasteiger partial charge on any atom is 0.244 e. The van der Waals surface area contributed by atoms with E-state index in [4.69, 9.17) is 14.2 Å². The lowest BCUT2D eigenvalue weighted by Crippen LogP contribution is -2.60. The summed E-state index contributed by atoms with van der Waals surface area (Å²) in [7, 11) is 1.58. The molecule has 0 aromatic heterocycles. The molecule has 2 aromatic rings. The summed E-state index contributed by atoms with van der Waals surface area (Å²) in [5.41, 5.74) is 3.96. The lowest BCUT2D eigenvalue weighted by atomic mass is 9.99. The van der Waals surface area contributed by atoms with Gasteiger partial charge in [-0.05, 0) is 47.5 Å². The van der Waals surface area contributed by atoms with E-state index in [2.05, 4.69) is 10.5 Å². The molecule has 32 heavy (non-hydrogen) atoms. The molecule has 0 bridgehead atoms. The minimum Gasteiger partial charge on any atom is -0.497 e. The van der Waals surface area contributed by atoms with Crippen molar-refractivity contribution in [3.8, 4) is 11.5 Å². The fraction of sp³-hybridized carbons (Fsp3) is 0.364. The Bertz CT molecular complexity index is 901. The Labute approximate surface area is 184 Å².